The van der Waals surface area contributed by atoms with E-state index in [1.807, 2.05) is 23.6 Å². The molecule has 0 aliphatic carbocycles. The van der Waals surface area contributed by atoms with Crippen molar-refractivity contribution < 1.29 is 23.9 Å². The van der Waals surface area contributed by atoms with E-state index in [1.165, 1.54) is 14.2 Å². The van der Waals surface area contributed by atoms with Crippen LogP contribution in [-0.2, 0) is 25.6 Å². The molecule has 0 saturated carbocycles. The molecule has 0 bridgehead atoms. The van der Waals surface area contributed by atoms with Gasteiger partial charge in [-0.25, -0.2) is 9.78 Å². The second-order valence-electron chi connectivity index (χ2n) is 8.33. The van der Waals surface area contributed by atoms with Gasteiger partial charge in [-0.1, -0.05) is 0 Å². The predicted octanol–water partition coefficient (Wildman–Crippen LogP) is 2.87. The number of carbonyl (C=O) groups excluding carboxylic acids is 3. The number of amides is 2. The first-order chi connectivity index (χ1) is 17.0. The largest absolute Gasteiger partial charge is 0.467 e. The third kappa shape index (κ3) is 4.88. The number of esters is 1. The number of carbonyl (C=O) groups is 3. The number of anilines is 1. The van der Waals surface area contributed by atoms with Crippen LogP contribution in [0, 0.1) is 0 Å². The van der Waals surface area contributed by atoms with Crippen LogP contribution in [0.3, 0.4) is 0 Å². The highest BCUT2D eigenvalue weighted by Crippen LogP contribution is 2.32. The van der Waals surface area contributed by atoms with Gasteiger partial charge in [0.2, 0.25) is 5.91 Å². The number of aryl methyl sites for hydroxylation is 1. The number of rotatable bonds is 7. The van der Waals surface area contributed by atoms with Crippen molar-refractivity contribution in [3.63, 3.8) is 0 Å². The second kappa shape index (κ2) is 10.6. The summed E-state index contributed by atoms with van der Waals surface area (Å²) in [6, 6.07) is 6.45. The molecule has 0 spiro atoms. The number of imidazole rings is 1. The van der Waals surface area contributed by atoms with Crippen LogP contribution in [0.4, 0.5) is 5.69 Å². The van der Waals surface area contributed by atoms with Gasteiger partial charge in [-0.15, -0.1) is 0 Å². The topological polar surface area (TPSA) is 116 Å². The molecule has 4 rings (SSSR count). The fourth-order valence-electron chi connectivity index (χ4n) is 4.57. The molecule has 1 saturated heterocycles. The zero-order chi connectivity index (χ0) is 24.9. The average molecular weight is 480 g/mol. The van der Waals surface area contributed by atoms with Crippen LogP contribution in [0.2, 0.25) is 0 Å². The third-order valence-electron chi connectivity index (χ3n) is 6.10. The first-order valence-electron chi connectivity index (χ1n) is 11.6. The number of methoxy groups -OCH3 is 2. The van der Waals surface area contributed by atoms with Gasteiger partial charge in [-0.05, 0) is 50.5 Å². The lowest BCUT2D eigenvalue weighted by molar-refractivity contribution is -0.147. The number of piperidine rings is 1. The number of pyridine rings is 1. The van der Waals surface area contributed by atoms with E-state index in [2.05, 4.69) is 10.3 Å². The lowest BCUT2D eigenvalue weighted by atomic mass is 10.00. The summed E-state index contributed by atoms with van der Waals surface area (Å²) < 4.78 is 11.9. The molecule has 1 atom stereocenters. The van der Waals surface area contributed by atoms with Crippen LogP contribution in [0.5, 0.6) is 0 Å². The molecule has 10 heteroatoms. The molecule has 2 amide bonds. The van der Waals surface area contributed by atoms with Crippen molar-refractivity contribution in [2.45, 2.75) is 38.8 Å². The van der Waals surface area contributed by atoms with Crippen LogP contribution < -0.4 is 5.32 Å². The number of nitrogens with zero attached hydrogens (tertiary/aromatic N) is 4. The summed E-state index contributed by atoms with van der Waals surface area (Å²) in [5.41, 5.74) is 2.77. The summed E-state index contributed by atoms with van der Waals surface area (Å²) in [4.78, 5) is 49.2. The number of aromatic nitrogens is 3. The van der Waals surface area contributed by atoms with E-state index in [9.17, 15) is 14.4 Å². The Morgan fingerprint density at radius 3 is 2.71 bits per heavy atom. The molecule has 0 radical (unpaired) electrons. The van der Waals surface area contributed by atoms with E-state index in [4.69, 9.17) is 14.5 Å². The smallest absolute Gasteiger partial charge is 0.328 e. The summed E-state index contributed by atoms with van der Waals surface area (Å²) in [7, 11) is 2.76. The first-order valence-corrected chi connectivity index (χ1v) is 11.6. The SMILES string of the molecule is CCn1c(-c2cccnc2)nc2cc(NC(=O)COC)cc(C(=O)N3CCCC[C@@H]3C(=O)OC)c21. The highest BCUT2D eigenvalue weighted by Gasteiger charge is 2.35. The van der Waals surface area contributed by atoms with E-state index in [1.54, 1.807) is 29.4 Å². The Morgan fingerprint density at radius 2 is 2.03 bits per heavy atom. The maximum absolute atomic E-state index is 13.9. The highest BCUT2D eigenvalue weighted by molar-refractivity contribution is 6.09. The highest BCUT2D eigenvalue weighted by atomic mass is 16.5. The number of nitrogens with one attached hydrogen (secondary N) is 1. The van der Waals surface area contributed by atoms with Crippen molar-refractivity contribution in [2.24, 2.45) is 0 Å². The van der Waals surface area contributed by atoms with Gasteiger partial charge >= 0.3 is 5.97 Å². The predicted molar refractivity (Wildman–Crippen MR) is 130 cm³/mol. The van der Waals surface area contributed by atoms with Gasteiger partial charge in [-0.2, -0.15) is 0 Å². The summed E-state index contributed by atoms with van der Waals surface area (Å²) in [6.07, 6.45) is 5.57. The molecule has 1 aromatic carbocycles. The molecule has 1 fully saturated rings. The molecule has 1 aliphatic rings. The zero-order valence-corrected chi connectivity index (χ0v) is 20.1. The number of fused-ring (bicyclic) bond motifs is 1. The number of likely N-dealkylation sites (tertiary alicyclic amines) is 1. The third-order valence-corrected chi connectivity index (χ3v) is 6.10. The van der Waals surface area contributed by atoms with E-state index in [0.717, 1.165) is 18.4 Å². The molecule has 3 aromatic rings. The van der Waals surface area contributed by atoms with Crippen molar-refractivity contribution in [1.29, 1.82) is 0 Å². The first kappa shape index (κ1) is 24.3. The Morgan fingerprint density at radius 1 is 1.20 bits per heavy atom. The molecule has 2 aromatic heterocycles. The Hall–Kier alpha value is -3.79. The Bertz CT molecular complexity index is 1240. The van der Waals surface area contributed by atoms with Crippen LogP contribution in [0.1, 0.15) is 36.5 Å². The van der Waals surface area contributed by atoms with E-state index in [-0.39, 0.29) is 18.4 Å². The summed E-state index contributed by atoms with van der Waals surface area (Å²) in [5, 5.41) is 2.78. The van der Waals surface area contributed by atoms with Gasteiger partial charge in [0.1, 0.15) is 18.5 Å². The lowest BCUT2D eigenvalue weighted by Crippen LogP contribution is -2.48. The van der Waals surface area contributed by atoms with E-state index < -0.39 is 12.0 Å². The Kier molecular flexibility index (Phi) is 7.40. The van der Waals surface area contributed by atoms with E-state index in [0.29, 0.717) is 47.6 Å². The summed E-state index contributed by atoms with van der Waals surface area (Å²) in [5.74, 6) is -0.426. The summed E-state index contributed by atoms with van der Waals surface area (Å²) >= 11 is 0. The summed E-state index contributed by atoms with van der Waals surface area (Å²) in [6.45, 7) is 2.84. The monoisotopic (exact) mass is 479 g/mol. The van der Waals surface area contributed by atoms with Crippen molar-refractivity contribution in [1.82, 2.24) is 19.4 Å². The minimum Gasteiger partial charge on any atom is -0.467 e. The number of ether oxygens (including phenoxy) is 2. The normalized spacial score (nSPS) is 15.7. The van der Waals surface area contributed by atoms with Crippen molar-refractivity contribution in [3.8, 4) is 11.4 Å². The van der Waals surface area contributed by atoms with Gasteiger partial charge in [-0.3, -0.25) is 14.6 Å². The fourth-order valence-corrected chi connectivity index (χ4v) is 4.57. The minimum atomic E-state index is -0.654. The number of hydrogen-bond donors (Lipinski definition) is 1. The maximum Gasteiger partial charge on any atom is 0.328 e. The van der Waals surface area contributed by atoms with Gasteiger partial charge in [0.15, 0.2) is 0 Å². The molecule has 184 valence electrons. The molecule has 35 heavy (non-hydrogen) atoms. The van der Waals surface area contributed by atoms with Gasteiger partial charge in [0.05, 0.1) is 23.7 Å². The molecule has 10 nitrogen and oxygen atoms in total. The fraction of sp³-hybridized carbons (Fsp3) is 0.400. The maximum atomic E-state index is 13.9. The van der Waals surface area contributed by atoms with Crippen molar-refractivity contribution >= 4 is 34.5 Å². The second-order valence-corrected chi connectivity index (χ2v) is 8.33. The average Bonchev–Trinajstić information content (AvgIpc) is 3.26. The molecule has 0 unspecified atom stereocenters. The van der Waals surface area contributed by atoms with Crippen LogP contribution in [0.25, 0.3) is 22.4 Å². The molecular weight excluding hydrogens is 450 g/mol. The van der Waals surface area contributed by atoms with Crippen LogP contribution in [0.15, 0.2) is 36.7 Å². The standard InChI is InChI=1S/C25H29N5O5/c1-4-29-22-18(24(32)30-11-6-5-9-20(30)25(33)35-3)12-17(27-21(31)15-34-2)13-19(22)28-23(29)16-8-7-10-26-14-16/h7-8,10,12-14,20H,4-6,9,11,15H2,1-3H3,(H,27,31)/t20-/m1/s1. The number of benzene rings is 1. The van der Waals surface area contributed by atoms with Crippen molar-refractivity contribution in [2.75, 3.05) is 32.7 Å². The quantitative estimate of drug-likeness (QED) is 0.518. The lowest BCUT2D eigenvalue weighted by Gasteiger charge is -2.34. The molecule has 3 heterocycles. The molecule has 1 N–H and O–H groups in total. The molecular formula is C25H29N5O5. The van der Waals surface area contributed by atoms with E-state index >= 15 is 0 Å². The Balaban J connectivity index is 1.89. The van der Waals surface area contributed by atoms with Gasteiger partial charge in [0, 0.05) is 43.8 Å². The zero-order valence-electron chi connectivity index (χ0n) is 20.1. The van der Waals surface area contributed by atoms with Gasteiger partial charge in [0.25, 0.3) is 5.91 Å². The minimum absolute atomic E-state index is 0.123. The molecule has 1 aliphatic heterocycles. The van der Waals surface area contributed by atoms with Crippen molar-refractivity contribution in [3.05, 3.63) is 42.2 Å². The van der Waals surface area contributed by atoms with Crippen LogP contribution in [-0.4, -0.2) is 70.6 Å². The Labute approximate surface area is 203 Å². The van der Waals surface area contributed by atoms with Crippen LogP contribution >= 0.6 is 0 Å². The van der Waals surface area contributed by atoms with Gasteiger partial charge < -0.3 is 24.3 Å². The number of hydrogen-bond acceptors (Lipinski definition) is 7.